The number of hydrogen-bond acceptors (Lipinski definition) is 2. The third kappa shape index (κ3) is 7.45. The van der Waals surface area contributed by atoms with E-state index in [-0.39, 0.29) is 24.0 Å². The van der Waals surface area contributed by atoms with E-state index in [9.17, 15) is 0 Å². The third-order valence-corrected chi connectivity index (χ3v) is 3.63. The maximum absolute atomic E-state index is 5.64. The summed E-state index contributed by atoms with van der Waals surface area (Å²) in [6, 6.07) is 10.4. The molecule has 1 fully saturated rings. The van der Waals surface area contributed by atoms with Gasteiger partial charge in [-0.3, -0.25) is 4.99 Å². The Labute approximate surface area is 151 Å². The van der Waals surface area contributed by atoms with Gasteiger partial charge in [-0.05, 0) is 30.7 Å². The van der Waals surface area contributed by atoms with E-state index in [1.54, 1.807) is 0 Å². The number of rotatable bonds is 8. The standard InChI is InChI=1S/C17H27N3O.HI/c1-18-17(19-11-6-12-21-14-16-9-10-16)20(2)13-15-7-4-3-5-8-15;/h3-5,7-8,16H,6,9-14H2,1-2H3,(H,18,19);1H. The average molecular weight is 417 g/mol. The van der Waals surface area contributed by atoms with Crippen molar-refractivity contribution in [3.05, 3.63) is 35.9 Å². The topological polar surface area (TPSA) is 36.9 Å². The van der Waals surface area contributed by atoms with Crippen molar-refractivity contribution in [2.75, 3.05) is 33.9 Å². The lowest BCUT2D eigenvalue weighted by Gasteiger charge is -2.22. The van der Waals surface area contributed by atoms with Crippen molar-refractivity contribution < 1.29 is 4.74 Å². The van der Waals surface area contributed by atoms with Crippen LogP contribution in [0.15, 0.2) is 35.3 Å². The van der Waals surface area contributed by atoms with E-state index in [0.29, 0.717) is 0 Å². The number of nitrogens with zero attached hydrogens (tertiary/aromatic N) is 2. The quantitative estimate of drug-likeness (QED) is 0.306. The van der Waals surface area contributed by atoms with Crippen LogP contribution in [-0.4, -0.2) is 44.7 Å². The number of hydrogen-bond donors (Lipinski definition) is 1. The maximum Gasteiger partial charge on any atom is 0.193 e. The van der Waals surface area contributed by atoms with Gasteiger partial charge < -0.3 is 15.0 Å². The van der Waals surface area contributed by atoms with Gasteiger partial charge in [0.25, 0.3) is 0 Å². The Hall–Kier alpha value is -0.820. The summed E-state index contributed by atoms with van der Waals surface area (Å²) in [6.07, 6.45) is 3.73. The van der Waals surface area contributed by atoms with Crippen molar-refractivity contribution in [1.82, 2.24) is 10.2 Å². The normalized spacial score (nSPS) is 14.4. The molecule has 0 heterocycles. The minimum absolute atomic E-state index is 0. The SMILES string of the molecule is CN=C(NCCCOCC1CC1)N(C)Cc1ccccc1.I. The summed E-state index contributed by atoms with van der Waals surface area (Å²) >= 11 is 0. The summed E-state index contributed by atoms with van der Waals surface area (Å²) in [4.78, 5) is 6.47. The summed E-state index contributed by atoms with van der Waals surface area (Å²) in [5.74, 6) is 1.78. The zero-order valence-corrected chi connectivity index (χ0v) is 16.0. The van der Waals surface area contributed by atoms with Gasteiger partial charge in [0.1, 0.15) is 0 Å². The Balaban J connectivity index is 0.00000242. The van der Waals surface area contributed by atoms with Gasteiger partial charge in [-0.1, -0.05) is 30.3 Å². The lowest BCUT2D eigenvalue weighted by Crippen LogP contribution is -2.39. The van der Waals surface area contributed by atoms with Crippen LogP contribution in [0.2, 0.25) is 0 Å². The van der Waals surface area contributed by atoms with Crippen molar-refractivity contribution >= 4 is 29.9 Å². The van der Waals surface area contributed by atoms with Crippen LogP contribution >= 0.6 is 24.0 Å². The predicted molar refractivity (Wildman–Crippen MR) is 103 cm³/mol. The molecular weight excluding hydrogens is 389 g/mol. The molecule has 0 unspecified atom stereocenters. The highest BCUT2D eigenvalue weighted by Gasteiger charge is 2.20. The number of halogens is 1. The molecule has 1 N–H and O–H groups in total. The molecule has 0 saturated heterocycles. The molecule has 124 valence electrons. The molecule has 1 aromatic rings. The highest BCUT2D eigenvalue weighted by Crippen LogP contribution is 2.28. The highest BCUT2D eigenvalue weighted by atomic mass is 127. The number of ether oxygens (including phenoxy) is 1. The molecule has 1 aliphatic carbocycles. The van der Waals surface area contributed by atoms with Gasteiger partial charge in [0.2, 0.25) is 0 Å². The number of benzene rings is 1. The molecule has 4 nitrogen and oxygen atoms in total. The Kier molecular flexibility index (Phi) is 9.47. The molecule has 1 aromatic carbocycles. The Morgan fingerprint density at radius 2 is 2.05 bits per heavy atom. The van der Waals surface area contributed by atoms with Crippen molar-refractivity contribution in [3.8, 4) is 0 Å². The molecule has 0 aliphatic heterocycles. The summed E-state index contributed by atoms with van der Waals surface area (Å²) in [5.41, 5.74) is 1.29. The molecule has 1 saturated carbocycles. The van der Waals surface area contributed by atoms with Crippen LogP contribution in [0.4, 0.5) is 0 Å². The molecule has 0 aromatic heterocycles. The highest BCUT2D eigenvalue weighted by molar-refractivity contribution is 14.0. The van der Waals surface area contributed by atoms with Crippen molar-refractivity contribution in [1.29, 1.82) is 0 Å². The fourth-order valence-electron chi connectivity index (χ4n) is 2.23. The van der Waals surface area contributed by atoms with Crippen molar-refractivity contribution in [3.63, 3.8) is 0 Å². The third-order valence-electron chi connectivity index (χ3n) is 3.63. The Morgan fingerprint density at radius 1 is 1.32 bits per heavy atom. The van der Waals surface area contributed by atoms with Gasteiger partial charge in [-0.15, -0.1) is 24.0 Å². The first-order valence-electron chi connectivity index (χ1n) is 7.83. The largest absolute Gasteiger partial charge is 0.381 e. The van der Waals surface area contributed by atoms with E-state index in [0.717, 1.165) is 44.6 Å². The van der Waals surface area contributed by atoms with E-state index < -0.39 is 0 Å². The van der Waals surface area contributed by atoms with Crippen LogP contribution in [0, 0.1) is 5.92 Å². The van der Waals surface area contributed by atoms with Gasteiger partial charge in [-0.2, -0.15) is 0 Å². The van der Waals surface area contributed by atoms with Gasteiger partial charge in [0.05, 0.1) is 0 Å². The van der Waals surface area contributed by atoms with E-state index in [2.05, 4.69) is 46.5 Å². The summed E-state index contributed by atoms with van der Waals surface area (Å²) in [7, 11) is 3.89. The molecule has 5 heteroatoms. The zero-order valence-electron chi connectivity index (χ0n) is 13.6. The first-order chi connectivity index (χ1) is 10.3. The minimum atomic E-state index is 0. The second-order valence-electron chi connectivity index (χ2n) is 5.69. The summed E-state index contributed by atoms with van der Waals surface area (Å²) in [6.45, 7) is 3.54. The van der Waals surface area contributed by atoms with Gasteiger partial charge in [0.15, 0.2) is 5.96 Å². The molecule has 0 spiro atoms. The molecule has 1 aliphatic rings. The van der Waals surface area contributed by atoms with Crippen LogP contribution in [0.3, 0.4) is 0 Å². The van der Waals surface area contributed by atoms with Crippen LogP contribution in [0.5, 0.6) is 0 Å². The molecule has 0 radical (unpaired) electrons. The Morgan fingerprint density at radius 3 is 2.68 bits per heavy atom. The zero-order chi connectivity index (χ0) is 14.9. The van der Waals surface area contributed by atoms with Crippen LogP contribution in [0.1, 0.15) is 24.8 Å². The van der Waals surface area contributed by atoms with Crippen molar-refractivity contribution in [2.24, 2.45) is 10.9 Å². The van der Waals surface area contributed by atoms with E-state index in [1.165, 1.54) is 18.4 Å². The fraction of sp³-hybridized carbons (Fsp3) is 0.588. The molecule has 0 bridgehead atoms. The first-order valence-corrected chi connectivity index (χ1v) is 7.83. The smallest absolute Gasteiger partial charge is 0.193 e. The van der Waals surface area contributed by atoms with E-state index in [1.807, 2.05) is 13.1 Å². The van der Waals surface area contributed by atoms with Gasteiger partial charge in [0, 0.05) is 40.4 Å². The fourth-order valence-corrected chi connectivity index (χ4v) is 2.23. The molecule has 2 rings (SSSR count). The average Bonchev–Trinajstić information content (AvgIpc) is 3.31. The van der Waals surface area contributed by atoms with Crippen LogP contribution in [0.25, 0.3) is 0 Å². The first kappa shape index (κ1) is 19.2. The summed E-state index contributed by atoms with van der Waals surface area (Å²) in [5, 5.41) is 3.39. The molecular formula is C17H28IN3O. The maximum atomic E-state index is 5.64. The van der Waals surface area contributed by atoms with Gasteiger partial charge in [-0.25, -0.2) is 0 Å². The van der Waals surface area contributed by atoms with Crippen LogP contribution in [-0.2, 0) is 11.3 Å². The molecule has 22 heavy (non-hydrogen) atoms. The molecule has 0 amide bonds. The van der Waals surface area contributed by atoms with Gasteiger partial charge >= 0.3 is 0 Å². The monoisotopic (exact) mass is 417 g/mol. The minimum Gasteiger partial charge on any atom is -0.381 e. The summed E-state index contributed by atoms with van der Waals surface area (Å²) < 4.78 is 5.64. The lowest BCUT2D eigenvalue weighted by atomic mass is 10.2. The second kappa shape index (κ2) is 10.8. The lowest BCUT2D eigenvalue weighted by molar-refractivity contribution is 0.122. The Bertz CT molecular complexity index is 435. The van der Waals surface area contributed by atoms with Crippen molar-refractivity contribution in [2.45, 2.75) is 25.8 Å². The molecule has 0 atom stereocenters. The number of nitrogens with one attached hydrogen (secondary N) is 1. The number of guanidine groups is 1. The predicted octanol–water partition coefficient (Wildman–Crippen LogP) is 3.13. The number of aliphatic imine (C=N–C) groups is 1. The van der Waals surface area contributed by atoms with E-state index in [4.69, 9.17) is 4.74 Å². The van der Waals surface area contributed by atoms with E-state index >= 15 is 0 Å². The second-order valence-corrected chi connectivity index (χ2v) is 5.69. The van der Waals surface area contributed by atoms with Crippen LogP contribution < -0.4 is 5.32 Å².